The van der Waals surface area contributed by atoms with Crippen LogP contribution in [0.4, 0.5) is 0 Å². The van der Waals surface area contributed by atoms with Crippen LogP contribution in [0.5, 0.6) is 0 Å². The molecule has 0 bridgehead atoms. The van der Waals surface area contributed by atoms with E-state index in [1.165, 1.54) is 0 Å². The summed E-state index contributed by atoms with van der Waals surface area (Å²) in [6.45, 7) is 7.01. The summed E-state index contributed by atoms with van der Waals surface area (Å²) in [5.41, 5.74) is 0. The SMILES string of the molecule is CCC(CC(=O)OCC1CCCC(O)C1)CC(C)C. The lowest BCUT2D eigenvalue weighted by Crippen LogP contribution is -2.24. The predicted octanol–water partition coefficient (Wildman–Crippen LogP) is 3.54. The van der Waals surface area contributed by atoms with Crippen molar-refractivity contribution in [3.05, 3.63) is 0 Å². The highest BCUT2D eigenvalue weighted by molar-refractivity contribution is 5.69. The number of esters is 1. The first kappa shape index (κ1) is 16.5. The third-order valence-corrected chi connectivity index (χ3v) is 4.07. The van der Waals surface area contributed by atoms with Crippen LogP contribution >= 0.6 is 0 Å². The molecule has 0 aromatic heterocycles. The van der Waals surface area contributed by atoms with Crippen molar-refractivity contribution in [3.8, 4) is 0 Å². The highest BCUT2D eigenvalue weighted by atomic mass is 16.5. The van der Waals surface area contributed by atoms with Crippen molar-refractivity contribution in [2.75, 3.05) is 6.61 Å². The Morgan fingerprint density at radius 1 is 1.37 bits per heavy atom. The van der Waals surface area contributed by atoms with E-state index in [9.17, 15) is 9.90 Å². The van der Waals surface area contributed by atoms with E-state index in [1.54, 1.807) is 0 Å². The van der Waals surface area contributed by atoms with Crippen LogP contribution < -0.4 is 0 Å². The molecule has 0 aliphatic heterocycles. The number of rotatable bonds is 7. The highest BCUT2D eigenvalue weighted by Gasteiger charge is 2.22. The van der Waals surface area contributed by atoms with E-state index in [0.717, 1.165) is 38.5 Å². The van der Waals surface area contributed by atoms with Crippen LogP contribution in [0.1, 0.15) is 65.7 Å². The normalized spacial score (nSPS) is 25.3. The number of ether oxygens (including phenoxy) is 1. The van der Waals surface area contributed by atoms with Crippen molar-refractivity contribution >= 4 is 5.97 Å². The van der Waals surface area contributed by atoms with Crippen molar-refractivity contribution in [2.24, 2.45) is 17.8 Å². The smallest absolute Gasteiger partial charge is 0.306 e. The van der Waals surface area contributed by atoms with E-state index in [-0.39, 0.29) is 12.1 Å². The third-order valence-electron chi connectivity index (χ3n) is 4.07. The molecule has 19 heavy (non-hydrogen) atoms. The number of aliphatic hydroxyl groups is 1. The molecule has 3 atom stereocenters. The number of aliphatic hydroxyl groups excluding tert-OH is 1. The largest absolute Gasteiger partial charge is 0.465 e. The van der Waals surface area contributed by atoms with Gasteiger partial charge in [0, 0.05) is 6.42 Å². The molecule has 0 heterocycles. The van der Waals surface area contributed by atoms with Gasteiger partial charge in [0.15, 0.2) is 0 Å². The van der Waals surface area contributed by atoms with Crippen LogP contribution in [0.25, 0.3) is 0 Å². The minimum Gasteiger partial charge on any atom is -0.465 e. The zero-order chi connectivity index (χ0) is 14.3. The Hall–Kier alpha value is -0.570. The van der Waals surface area contributed by atoms with Gasteiger partial charge >= 0.3 is 5.97 Å². The second-order valence-corrected chi connectivity index (χ2v) is 6.48. The first-order valence-electron chi connectivity index (χ1n) is 7.84. The van der Waals surface area contributed by atoms with Crippen LogP contribution in [-0.4, -0.2) is 23.8 Å². The predicted molar refractivity (Wildman–Crippen MR) is 76.8 cm³/mol. The Morgan fingerprint density at radius 3 is 2.68 bits per heavy atom. The molecule has 1 fully saturated rings. The summed E-state index contributed by atoms with van der Waals surface area (Å²) in [4.78, 5) is 11.8. The topological polar surface area (TPSA) is 46.5 Å². The van der Waals surface area contributed by atoms with Gasteiger partial charge in [0.25, 0.3) is 0 Å². The zero-order valence-corrected chi connectivity index (χ0v) is 12.7. The monoisotopic (exact) mass is 270 g/mol. The van der Waals surface area contributed by atoms with Crippen molar-refractivity contribution in [3.63, 3.8) is 0 Å². The zero-order valence-electron chi connectivity index (χ0n) is 12.7. The van der Waals surface area contributed by atoms with Crippen molar-refractivity contribution in [2.45, 2.75) is 71.8 Å². The molecule has 3 nitrogen and oxygen atoms in total. The van der Waals surface area contributed by atoms with Gasteiger partial charge < -0.3 is 9.84 Å². The molecule has 0 aromatic carbocycles. The molecule has 0 amide bonds. The highest BCUT2D eigenvalue weighted by Crippen LogP contribution is 2.25. The Bertz CT molecular complexity index is 263. The fourth-order valence-corrected chi connectivity index (χ4v) is 2.98. The van der Waals surface area contributed by atoms with Gasteiger partial charge in [-0.05, 0) is 43.4 Å². The standard InChI is InChI=1S/C16H30O3/c1-4-13(8-12(2)3)10-16(18)19-11-14-6-5-7-15(17)9-14/h12-15,17H,4-11H2,1-3H3. The van der Waals surface area contributed by atoms with Gasteiger partial charge in [-0.15, -0.1) is 0 Å². The molecule has 0 radical (unpaired) electrons. The second kappa shape index (κ2) is 8.57. The molecule has 3 unspecified atom stereocenters. The first-order chi connectivity index (χ1) is 9.01. The van der Waals surface area contributed by atoms with Crippen molar-refractivity contribution in [1.29, 1.82) is 0 Å². The minimum atomic E-state index is -0.193. The summed E-state index contributed by atoms with van der Waals surface area (Å²) in [6.07, 6.45) is 6.30. The molecule has 1 saturated carbocycles. The summed E-state index contributed by atoms with van der Waals surface area (Å²) in [5, 5.41) is 9.59. The molecular formula is C16H30O3. The minimum absolute atomic E-state index is 0.0624. The van der Waals surface area contributed by atoms with Crippen molar-refractivity contribution in [1.82, 2.24) is 0 Å². The van der Waals surface area contributed by atoms with Gasteiger partial charge in [-0.2, -0.15) is 0 Å². The van der Waals surface area contributed by atoms with Gasteiger partial charge in [0.2, 0.25) is 0 Å². The molecule has 0 spiro atoms. The van der Waals surface area contributed by atoms with Crippen LogP contribution in [0.2, 0.25) is 0 Å². The lowest BCUT2D eigenvalue weighted by molar-refractivity contribution is -0.147. The maximum atomic E-state index is 11.8. The maximum absolute atomic E-state index is 11.8. The lowest BCUT2D eigenvalue weighted by atomic mass is 9.88. The molecular weight excluding hydrogens is 240 g/mol. The molecule has 1 N–H and O–H groups in total. The molecule has 1 aliphatic rings. The molecule has 0 saturated heterocycles. The Kier molecular flexibility index (Phi) is 7.44. The van der Waals surface area contributed by atoms with E-state index in [1.807, 2.05) is 0 Å². The van der Waals surface area contributed by atoms with E-state index < -0.39 is 0 Å². The number of hydrogen-bond acceptors (Lipinski definition) is 3. The van der Waals surface area contributed by atoms with Gasteiger partial charge in [-0.3, -0.25) is 4.79 Å². The first-order valence-corrected chi connectivity index (χ1v) is 7.84. The molecule has 1 rings (SSSR count). The second-order valence-electron chi connectivity index (χ2n) is 6.48. The van der Waals surface area contributed by atoms with E-state index >= 15 is 0 Å². The van der Waals surface area contributed by atoms with Gasteiger partial charge in [0.1, 0.15) is 0 Å². The summed E-state index contributed by atoms with van der Waals surface area (Å²) in [7, 11) is 0. The number of carbonyl (C=O) groups excluding carboxylic acids is 1. The van der Waals surface area contributed by atoms with Crippen LogP contribution in [0.15, 0.2) is 0 Å². The van der Waals surface area contributed by atoms with Crippen LogP contribution in [0.3, 0.4) is 0 Å². The molecule has 1 aliphatic carbocycles. The quantitative estimate of drug-likeness (QED) is 0.720. The van der Waals surface area contributed by atoms with E-state index in [4.69, 9.17) is 4.74 Å². The number of carbonyl (C=O) groups is 1. The Labute approximate surface area is 117 Å². The summed E-state index contributed by atoms with van der Waals surface area (Å²) in [5.74, 6) is 1.38. The Morgan fingerprint density at radius 2 is 2.11 bits per heavy atom. The fraction of sp³-hybridized carbons (Fsp3) is 0.938. The van der Waals surface area contributed by atoms with E-state index in [0.29, 0.717) is 30.8 Å². The fourth-order valence-electron chi connectivity index (χ4n) is 2.98. The van der Waals surface area contributed by atoms with Gasteiger partial charge in [-0.1, -0.05) is 33.6 Å². The summed E-state index contributed by atoms with van der Waals surface area (Å²) >= 11 is 0. The van der Waals surface area contributed by atoms with E-state index in [2.05, 4.69) is 20.8 Å². The van der Waals surface area contributed by atoms with Gasteiger partial charge in [-0.25, -0.2) is 0 Å². The third kappa shape index (κ3) is 6.95. The summed E-state index contributed by atoms with van der Waals surface area (Å²) in [6, 6.07) is 0. The van der Waals surface area contributed by atoms with Gasteiger partial charge in [0.05, 0.1) is 12.7 Å². The maximum Gasteiger partial charge on any atom is 0.306 e. The van der Waals surface area contributed by atoms with Crippen LogP contribution in [-0.2, 0) is 9.53 Å². The Balaban J connectivity index is 2.22. The summed E-state index contributed by atoms with van der Waals surface area (Å²) < 4.78 is 5.39. The molecule has 0 aromatic rings. The molecule has 3 heteroatoms. The van der Waals surface area contributed by atoms with Crippen LogP contribution in [0, 0.1) is 17.8 Å². The van der Waals surface area contributed by atoms with Crippen molar-refractivity contribution < 1.29 is 14.6 Å². The average Bonchev–Trinajstić information content (AvgIpc) is 2.35. The lowest BCUT2D eigenvalue weighted by Gasteiger charge is -2.25. The average molecular weight is 270 g/mol. The molecule has 112 valence electrons. The number of hydrogen-bond donors (Lipinski definition) is 1.